The van der Waals surface area contributed by atoms with Crippen LogP contribution in [0, 0.1) is 0 Å². The lowest BCUT2D eigenvalue weighted by molar-refractivity contribution is 0.180. The number of hydrogen-bond acceptors (Lipinski definition) is 5. The number of likely N-dealkylation sites (tertiary alicyclic amines) is 1. The predicted octanol–water partition coefficient (Wildman–Crippen LogP) is 2.43. The van der Waals surface area contributed by atoms with Gasteiger partial charge in [-0.3, -0.25) is 4.98 Å². The Bertz CT molecular complexity index is 572. The number of hydrogen-bond donors (Lipinski definition) is 1. The number of nitrogens with zero attached hydrogens (tertiary/aromatic N) is 4. The number of ether oxygens (including phenoxy) is 1. The maximum atomic E-state index is 12.5. The second-order valence-corrected chi connectivity index (χ2v) is 7.22. The van der Waals surface area contributed by atoms with Gasteiger partial charge in [0.05, 0.1) is 18.9 Å². The van der Waals surface area contributed by atoms with E-state index in [1.165, 1.54) is 25.7 Å². The molecule has 2 aliphatic rings. The lowest BCUT2D eigenvalue weighted by atomic mass is 10.1. The summed E-state index contributed by atoms with van der Waals surface area (Å²) in [6, 6.07) is 0.378. The SMILES string of the molecule is CN(C)c1cncc(OC2CCN(C(=O)NC3CCCCCC3)C2)n1. The van der Waals surface area contributed by atoms with Gasteiger partial charge in [-0.05, 0) is 12.8 Å². The van der Waals surface area contributed by atoms with Gasteiger partial charge in [0.1, 0.15) is 6.10 Å². The molecule has 0 radical (unpaired) electrons. The van der Waals surface area contributed by atoms with Crippen molar-refractivity contribution in [2.45, 2.75) is 57.1 Å². The van der Waals surface area contributed by atoms with E-state index in [-0.39, 0.29) is 12.1 Å². The van der Waals surface area contributed by atoms with Gasteiger partial charge in [0.25, 0.3) is 0 Å². The summed E-state index contributed by atoms with van der Waals surface area (Å²) in [6.45, 7) is 1.33. The summed E-state index contributed by atoms with van der Waals surface area (Å²) >= 11 is 0. The molecule has 1 aromatic heterocycles. The van der Waals surface area contributed by atoms with E-state index >= 15 is 0 Å². The summed E-state index contributed by atoms with van der Waals surface area (Å²) in [4.78, 5) is 24.8. The van der Waals surface area contributed by atoms with Crippen molar-refractivity contribution in [1.82, 2.24) is 20.2 Å². The van der Waals surface area contributed by atoms with E-state index in [9.17, 15) is 4.79 Å². The topological polar surface area (TPSA) is 70.6 Å². The zero-order valence-corrected chi connectivity index (χ0v) is 15.3. The Hall–Kier alpha value is -2.05. The van der Waals surface area contributed by atoms with Gasteiger partial charge in [-0.1, -0.05) is 25.7 Å². The zero-order chi connectivity index (χ0) is 17.6. The van der Waals surface area contributed by atoms with Gasteiger partial charge in [-0.25, -0.2) is 4.79 Å². The van der Waals surface area contributed by atoms with Crippen molar-refractivity contribution < 1.29 is 9.53 Å². The molecular weight excluding hydrogens is 318 g/mol. The van der Waals surface area contributed by atoms with Crippen LogP contribution in [0.4, 0.5) is 10.6 Å². The van der Waals surface area contributed by atoms with Crippen molar-refractivity contribution in [3.05, 3.63) is 12.4 Å². The van der Waals surface area contributed by atoms with Gasteiger partial charge in [-0.2, -0.15) is 4.98 Å². The second kappa shape index (κ2) is 8.36. The molecule has 1 aromatic rings. The number of aromatic nitrogens is 2. The fraction of sp³-hybridized carbons (Fsp3) is 0.722. The molecule has 1 saturated carbocycles. The first-order valence-corrected chi connectivity index (χ1v) is 9.33. The van der Waals surface area contributed by atoms with Gasteiger partial charge in [0.2, 0.25) is 5.88 Å². The summed E-state index contributed by atoms with van der Waals surface area (Å²) in [5.41, 5.74) is 0. The molecule has 0 aromatic carbocycles. The minimum Gasteiger partial charge on any atom is -0.471 e. The molecule has 3 rings (SSSR count). The van der Waals surface area contributed by atoms with E-state index in [1.54, 1.807) is 12.4 Å². The summed E-state index contributed by atoms with van der Waals surface area (Å²) in [7, 11) is 3.84. The summed E-state index contributed by atoms with van der Waals surface area (Å²) in [5.74, 6) is 1.28. The average Bonchev–Trinajstić information content (AvgIpc) is 2.91. The van der Waals surface area contributed by atoms with E-state index < -0.39 is 0 Å². The molecule has 1 atom stereocenters. The first kappa shape index (κ1) is 17.8. The Kier molecular flexibility index (Phi) is 5.94. The van der Waals surface area contributed by atoms with Gasteiger partial charge < -0.3 is 19.9 Å². The maximum absolute atomic E-state index is 12.5. The lowest BCUT2D eigenvalue weighted by Gasteiger charge is -2.22. The molecule has 138 valence electrons. The number of carbonyl (C=O) groups is 1. The Labute approximate surface area is 149 Å². The molecule has 1 aliphatic carbocycles. The van der Waals surface area contributed by atoms with Crippen LogP contribution in [-0.4, -0.2) is 60.2 Å². The van der Waals surface area contributed by atoms with Crippen LogP contribution in [0.3, 0.4) is 0 Å². The van der Waals surface area contributed by atoms with Crippen molar-refractivity contribution >= 4 is 11.8 Å². The number of anilines is 1. The zero-order valence-electron chi connectivity index (χ0n) is 15.3. The third kappa shape index (κ3) is 4.96. The molecule has 1 aliphatic heterocycles. The number of nitrogens with one attached hydrogen (secondary N) is 1. The van der Waals surface area contributed by atoms with Crippen molar-refractivity contribution in [2.24, 2.45) is 0 Å². The highest BCUT2D eigenvalue weighted by Crippen LogP contribution is 2.20. The van der Waals surface area contributed by atoms with Gasteiger partial charge in [0.15, 0.2) is 5.82 Å². The molecule has 1 unspecified atom stereocenters. The monoisotopic (exact) mass is 347 g/mol. The third-order valence-corrected chi connectivity index (χ3v) is 4.96. The minimum atomic E-state index is -0.0217. The van der Waals surface area contributed by atoms with E-state index in [0.717, 1.165) is 31.6 Å². The first-order chi connectivity index (χ1) is 12.1. The number of carbonyl (C=O) groups excluding carboxylic acids is 1. The van der Waals surface area contributed by atoms with Crippen LogP contribution in [-0.2, 0) is 0 Å². The molecule has 1 N–H and O–H groups in total. The summed E-state index contributed by atoms with van der Waals surface area (Å²) in [5, 5.41) is 3.21. The molecule has 25 heavy (non-hydrogen) atoms. The van der Waals surface area contributed by atoms with E-state index in [0.29, 0.717) is 18.5 Å². The molecule has 7 nitrogen and oxygen atoms in total. The van der Waals surface area contributed by atoms with Gasteiger partial charge in [0, 0.05) is 33.1 Å². The number of amides is 2. The van der Waals surface area contributed by atoms with Crippen LogP contribution in [0.25, 0.3) is 0 Å². The van der Waals surface area contributed by atoms with E-state index in [2.05, 4.69) is 15.3 Å². The van der Waals surface area contributed by atoms with Crippen LogP contribution in [0.5, 0.6) is 5.88 Å². The largest absolute Gasteiger partial charge is 0.471 e. The molecule has 2 heterocycles. The smallest absolute Gasteiger partial charge is 0.317 e. The van der Waals surface area contributed by atoms with Crippen LogP contribution >= 0.6 is 0 Å². The fourth-order valence-corrected chi connectivity index (χ4v) is 3.48. The molecule has 0 bridgehead atoms. The fourth-order valence-electron chi connectivity index (χ4n) is 3.48. The first-order valence-electron chi connectivity index (χ1n) is 9.33. The van der Waals surface area contributed by atoms with Crippen molar-refractivity contribution in [1.29, 1.82) is 0 Å². The number of urea groups is 1. The normalized spacial score (nSPS) is 21.7. The Morgan fingerprint density at radius 2 is 1.96 bits per heavy atom. The third-order valence-electron chi connectivity index (χ3n) is 4.96. The van der Waals surface area contributed by atoms with E-state index in [1.807, 2.05) is 23.9 Å². The maximum Gasteiger partial charge on any atom is 0.317 e. The van der Waals surface area contributed by atoms with Crippen molar-refractivity contribution in [3.8, 4) is 5.88 Å². The summed E-state index contributed by atoms with van der Waals surface area (Å²) < 4.78 is 5.93. The molecule has 2 amide bonds. The summed E-state index contributed by atoms with van der Waals surface area (Å²) in [6.07, 6.45) is 11.4. The van der Waals surface area contributed by atoms with Crippen LogP contribution in [0.15, 0.2) is 12.4 Å². The standard InChI is InChI=1S/C18H29N5O2/c1-22(2)16-11-19-12-17(21-16)25-15-9-10-23(13-15)18(24)20-14-7-5-3-4-6-8-14/h11-12,14-15H,3-10,13H2,1-2H3,(H,20,24). The second-order valence-electron chi connectivity index (χ2n) is 7.22. The highest BCUT2D eigenvalue weighted by Gasteiger charge is 2.29. The quantitative estimate of drug-likeness (QED) is 0.847. The lowest BCUT2D eigenvalue weighted by Crippen LogP contribution is -2.44. The Balaban J connectivity index is 1.49. The molecule has 1 saturated heterocycles. The van der Waals surface area contributed by atoms with Crippen LogP contribution in [0.1, 0.15) is 44.9 Å². The van der Waals surface area contributed by atoms with Crippen LogP contribution in [0.2, 0.25) is 0 Å². The Morgan fingerprint density at radius 1 is 1.20 bits per heavy atom. The van der Waals surface area contributed by atoms with Gasteiger partial charge in [-0.15, -0.1) is 0 Å². The Morgan fingerprint density at radius 3 is 2.68 bits per heavy atom. The van der Waals surface area contributed by atoms with Crippen LogP contribution < -0.4 is 15.0 Å². The van der Waals surface area contributed by atoms with Gasteiger partial charge >= 0.3 is 6.03 Å². The highest BCUT2D eigenvalue weighted by molar-refractivity contribution is 5.74. The molecule has 2 fully saturated rings. The van der Waals surface area contributed by atoms with Crippen molar-refractivity contribution in [3.63, 3.8) is 0 Å². The van der Waals surface area contributed by atoms with Crippen molar-refractivity contribution in [2.75, 3.05) is 32.1 Å². The molecule has 0 spiro atoms. The predicted molar refractivity (Wildman–Crippen MR) is 97.0 cm³/mol. The minimum absolute atomic E-state index is 0.0217. The number of rotatable bonds is 4. The molecular formula is C18H29N5O2. The van der Waals surface area contributed by atoms with E-state index in [4.69, 9.17) is 4.74 Å². The molecule has 7 heteroatoms. The average molecular weight is 347 g/mol. The highest BCUT2D eigenvalue weighted by atomic mass is 16.5.